The first-order chi connectivity index (χ1) is 16.2. The van der Waals surface area contributed by atoms with E-state index in [-0.39, 0.29) is 11.9 Å². The van der Waals surface area contributed by atoms with Crippen molar-refractivity contribution in [2.24, 2.45) is 0 Å². The van der Waals surface area contributed by atoms with Crippen molar-refractivity contribution in [3.8, 4) is 5.69 Å². The number of carbonyl (C=O) groups is 1. The molecule has 0 aliphatic carbocycles. The van der Waals surface area contributed by atoms with E-state index in [1.807, 2.05) is 41.2 Å². The highest BCUT2D eigenvalue weighted by atomic mass is 32.2. The molecular formula is C24H25N7OS. The van der Waals surface area contributed by atoms with Crippen LogP contribution in [-0.2, 0) is 11.3 Å². The summed E-state index contributed by atoms with van der Waals surface area (Å²) in [6.45, 7) is 2.48. The van der Waals surface area contributed by atoms with E-state index in [2.05, 4.69) is 61.1 Å². The molecule has 1 aliphatic heterocycles. The Hall–Kier alpha value is -3.43. The van der Waals surface area contributed by atoms with E-state index >= 15 is 0 Å². The van der Waals surface area contributed by atoms with Gasteiger partial charge in [-0.3, -0.25) is 4.79 Å². The minimum atomic E-state index is -0.321. The third-order valence-electron chi connectivity index (χ3n) is 5.73. The van der Waals surface area contributed by atoms with Gasteiger partial charge in [0, 0.05) is 37.3 Å². The second-order valence-electron chi connectivity index (χ2n) is 7.86. The largest absolute Gasteiger partial charge is 0.353 e. The lowest BCUT2D eigenvalue weighted by atomic mass is 10.1. The van der Waals surface area contributed by atoms with Crippen molar-refractivity contribution >= 4 is 34.5 Å². The lowest BCUT2D eigenvalue weighted by Crippen LogP contribution is -2.57. The molecule has 168 valence electrons. The quantitative estimate of drug-likeness (QED) is 0.429. The molecule has 9 heteroatoms. The lowest BCUT2D eigenvalue weighted by Gasteiger charge is -2.33. The van der Waals surface area contributed by atoms with Crippen molar-refractivity contribution in [3.63, 3.8) is 0 Å². The number of hydrogen-bond donors (Lipinski definition) is 2. The zero-order valence-electron chi connectivity index (χ0n) is 18.3. The first-order valence-electron chi connectivity index (χ1n) is 10.9. The SMILES string of the molecule is CSc1ccc(CNC(=O)C2CN(c3ncnc4nn(-c5ccccc5)cc34)CCN2)cc1. The van der Waals surface area contributed by atoms with Crippen LogP contribution in [0.3, 0.4) is 0 Å². The molecule has 4 aromatic rings. The Morgan fingerprint density at radius 2 is 1.97 bits per heavy atom. The molecule has 5 rings (SSSR count). The number of rotatable bonds is 6. The molecule has 1 amide bonds. The molecule has 3 heterocycles. The average molecular weight is 460 g/mol. The number of benzene rings is 2. The molecule has 0 bridgehead atoms. The summed E-state index contributed by atoms with van der Waals surface area (Å²) in [5.74, 6) is 0.785. The summed E-state index contributed by atoms with van der Waals surface area (Å²) in [6, 6.07) is 17.9. The van der Waals surface area contributed by atoms with Gasteiger partial charge in [-0.05, 0) is 36.1 Å². The van der Waals surface area contributed by atoms with Gasteiger partial charge in [0.1, 0.15) is 18.2 Å². The van der Waals surface area contributed by atoms with Gasteiger partial charge in [0.25, 0.3) is 0 Å². The van der Waals surface area contributed by atoms with Crippen molar-refractivity contribution < 1.29 is 4.79 Å². The highest BCUT2D eigenvalue weighted by Crippen LogP contribution is 2.24. The standard InChI is InChI=1S/C24H25N7OS/c1-33-19-9-7-17(8-10-19)13-26-24(32)21-15-30(12-11-25-21)23-20-14-31(18-5-3-2-4-6-18)29-22(20)27-16-28-23/h2-10,14,16,21,25H,11-13,15H2,1H3,(H,26,32). The number of anilines is 1. The van der Waals surface area contributed by atoms with Crippen molar-refractivity contribution in [3.05, 3.63) is 72.7 Å². The Kier molecular flexibility index (Phi) is 6.23. The Labute approximate surface area is 196 Å². The van der Waals surface area contributed by atoms with Crippen LogP contribution in [0.2, 0.25) is 0 Å². The second kappa shape index (κ2) is 9.60. The number of hydrogen-bond acceptors (Lipinski definition) is 7. The average Bonchev–Trinajstić information content (AvgIpc) is 3.33. The summed E-state index contributed by atoms with van der Waals surface area (Å²) in [7, 11) is 0. The third kappa shape index (κ3) is 4.69. The second-order valence-corrected chi connectivity index (χ2v) is 8.74. The summed E-state index contributed by atoms with van der Waals surface area (Å²) in [5, 5.41) is 11.9. The Morgan fingerprint density at radius 3 is 2.76 bits per heavy atom. The first kappa shape index (κ1) is 21.4. The molecule has 33 heavy (non-hydrogen) atoms. The molecule has 1 atom stereocenters. The van der Waals surface area contributed by atoms with Crippen LogP contribution in [0.25, 0.3) is 16.7 Å². The fourth-order valence-corrected chi connectivity index (χ4v) is 4.37. The van der Waals surface area contributed by atoms with Crippen molar-refractivity contribution in [1.29, 1.82) is 0 Å². The highest BCUT2D eigenvalue weighted by molar-refractivity contribution is 7.98. The summed E-state index contributed by atoms with van der Waals surface area (Å²) in [6.07, 6.45) is 5.54. The molecule has 0 spiro atoms. The lowest BCUT2D eigenvalue weighted by molar-refractivity contribution is -0.123. The molecule has 2 aromatic heterocycles. The zero-order chi connectivity index (χ0) is 22.6. The van der Waals surface area contributed by atoms with Crippen LogP contribution in [0.5, 0.6) is 0 Å². The van der Waals surface area contributed by atoms with E-state index in [9.17, 15) is 4.79 Å². The minimum absolute atomic E-state index is 0.0149. The third-order valence-corrected chi connectivity index (χ3v) is 6.48. The summed E-state index contributed by atoms with van der Waals surface area (Å²) < 4.78 is 1.82. The van der Waals surface area contributed by atoms with E-state index in [0.29, 0.717) is 25.3 Å². The highest BCUT2D eigenvalue weighted by Gasteiger charge is 2.27. The zero-order valence-corrected chi connectivity index (χ0v) is 19.1. The van der Waals surface area contributed by atoms with Gasteiger partial charge in [0.2, 0.25) is 5.91 Å². The van der Waals surface area contributed by atoms with Gasteiger partial charge < -0.3 is 15.5 Å². The van der Waals surface area contributed by atoms with Crippen LogP contribution < -0.4 is 15.5 Å². The number of fused-ring (bicyclic) bond motifs is 1. The Bertz CT molecular complexity index is 1240. The van der Waals surface area contributed by atoms with Crippen LogP contribution >= 0.6 is 11.8 Å². The van der Waals surface area contributed by atoms with Crippen LogP contribution in [0.1, 0.15) is 5.56 Å². The van der Waals surface area contributed by atoms with Gasteiger partial charge in [-0.25, -0.2) is 14.6 Å². The number of piperazine rings is 1. The molecular weight excluding hydrogens is 434 g/mol. The van der Waals surface area contributed by atoms with Gasteiger partial charge in [0.05, 0.1) is 11.1 Å². The maximum Gasteiger partial charge on any atom is 0.239 e. The van der Waals surface area contributed by atoms with Crippen LogP contribution in [0, 0.1) is 0 Å². The summed E-state index contributed by atoms with van der Waals surface area (Å²) in [4.78, 5) is 25.1. The number of para-hydroxylation sites is 1. The molecule has 0 saturated carbocycles. The van der Waals surface area contributed by atoms with E-state index in [1.165, 1.54) is 11.2 Å². The normalized spacial score (nSPS) is 16.2. The van der Waals surface area contributed by atoms with Gasteiger partial charge in [-0.1, -0.05) is 30.3 Å². The number of carbonyl (C=O) groups excluding carboxylic acids is 1. The van der Waals surface area contributed by atoms with Gasteiger partial charge in [-0.2, -0.15) is 0 Å². The fourth-order valence-electron chi connectivity index (χ4n) is 3.96. The van der Waals surface area contributed by atoms with Crippen molar-refractivity contribution in [1.82, 2.24) is 30.4 Å². The van der Waals surface area contributed by atoms with Crippen molar-refractivity contribution in [2.75, 3.05) is 30.8 Å². The van der Waals surface area contributed by atoms with Crippen LogP contribution in [0.4, 0.5) is 5.82 Å². The van der Waals surface area contributed by atoms with Gasteiger partial charge >= 0.3 is 0 Å². The van der Waals surface area contributed by atoms with E-state index in [0.717, 1.165) is 29.0 Å². The van der Waals surface area contributed by atoms with E-state index in [1.54, 1.807) is 11.8 Å². The molecule has 1 unspecified atom stereocenters. The monoisotopic (exact) mass is 459 g/mol. The maximum absolute atomic E-state index is 12.9. The number of amides is 1. The van der Waals surface area contributed by atoms with Gasteiger partial charge in [0.15, 0.2) is 5.65 Å². The minimum Gasteiger partial charge on any atom is -0.353 e. The maximum atomic E-state index is 12.9. The molecule has 2 N–H and O–H groups in total. The van der Waals surface area contributed by atoms with Crippen LogP contribution in [0.15, 0.2) is 72.0 Å². The fraction of sp³-hybridized carbons (Fsp3) is 0.250. The van der Waals surface area contributed by atoms with Crippen LogP contribution in [-0.4, -0.2) is 57.6 Å². The van der Waals surface area contributed by atoms with E-state index < -0.39 is 0 Å². The number of nitrogens with one attached hydrogen (secondary N) is 2. The molecule has 1 saturated heterocycles. The first-order valence-corrected chi connectivity index (χ1v) is 12.1. The predicted molar refractivity (Wildman–Crippen MR) is 131 cm³/mol. The van der Waals surface area contributed by atoms with E-state index in [4.69, 9.17) is 0 Å². The number of nitrogens with zero attached hydrogens (tertiary/aromatic N) is 5. The number of aromatic nitrogens is 4. The molecule has 2 aromatic carbocycles. The summed E-state index contributed by atoms with van der Waals surface area (Å²) >= 11 is 1.70. The van der Waals surface area contributed by atoms with Crippen molar-refractivity contribution in [2.45, 2.75) is 17.5 Å². The Morgan fingerprint density at radius 1 is 1.15 bits per heavy atom. The predicted octanol–water partition coefficient (Wildman–Crippen LogP) is 2.63. The summed E-state index contributed by atoms with van der Waals surface area (Å²) in [5.41, 5.74) is 2.68. The smallest absolute Gasteiger partial charge is 0.239 e. The molecule has 1 aliphatic rings. The molecule has 1 fully saturated rings. The topological polar surface area (TPSA) is 88.0 Å². The molecule has 0 radical (unpaired) electrons. The van der Waals surface area contributed by atoms with Gasteiger partial charge in [-0.15, -0.1) is 16.9 Å². The number of thioether (sulfide) groups is 1. The molecule has 8 nitrogen and oxygen atoms in total. The Balaban J connectivity index is 1.30.